The fraction of sp³-hybridized carbons (Fsp3) is 0.0667. The highest BCUT2D eigenvalue weighted by atomic mass is 35.5. The maximum absolute atomic E-state index is 11.9. The lowest BCUT2D eigenvalue weighted by molar-refractivity contribution is 0.101. The van der Waals surface area contributed by atoms with E-state index in [2.05, 4.69) is 9.97 Å². The van der Waals surface area contributed by atoms with E-state index in [4.69, 9.17) is 16.9 Å². The van der Waals surface area contributed by atoms with Crippen LogP contribution in [0.3, 0.4) is 0 Å². The fourth-order valence-electron chi connectivity index (χ4n) is 2.29. The van der Waals surface area contributed by atoms with Gasteiger partial charge < -0.3 is 0 Å². The number of hydrogen-bond acceptors (Lipinski definition) is 4. The van der Waals surface area contributed by atoms with Crippen molar-refractivity contribution in [1.29, 1.82) is 5.26 Å². The van der Waals surface area contributed by atoms with Crippen molar-refractivity contribution in [2.45, 2.75) is 6.92 Å². The number of hydrogen-bond donors (Lipinski definition) is 0. The van der Waals surface area contributed by atoms with Gasteiger partial charge in [0.2, 0.25) is 0 Å². The van der Waals surface area contributed by atoms with E-state index in [1.165, 1.54) is 13.3 Å². The Hall–Kier alpha value is -2.71. The Kier molecular flexibility index (Phi) is 3.16. The second kappa shape index (κ2) is 5.00. The molecular weight excluding hydrogens is 288 g/mol. The summed E-state index contributed by atoms with van der Waals surface area (Å²) in [6.45, 7) is 1.47. The minimum atomic E-state index is -0.120. The first kappa shape index (κ1) is 13.3. The molecule has 3 aromatic rings. The highest BCUT2D eigenvalue weighted by Gasteiger charge is 2.19. The van der Waals surface area contributed by atoms with Crippen molar-refractivity contribution in [2.24, 2.45) is 0 Å². The van der Waals surface area contributed by atoms with Crippen molar-refractivity contribution in [3.63, 3.8) is 0 Å². The van der Waals surface area contributed by atoms with Crippen molar-refractivity contribution in [2.75, 3.05) is 0 Å². The molecule has 0 aliphatic carbocycles. The summed E-state index contributed by atoms with van der Waals surface area (Å²) in [5, 5.41) is 9.45. The predicted octanol–water partition coefficient (Wildman–Crippen LogP) is 3.12. The molecule has 3 aromatic heterocycles. The predicted molar refractivity (Wildman–Crippen MR) is 78.2 cm³/mol. The highest BCUT2D eigenvalue weighted by molar-refractivity contribution is 6.34. The number of nitrogens with zero attached hydrogens (tertiary/aromatic N) is 4. The summed E-state index contributed by atoms with van der Waals surface area (Å²) in [5.41, 5.74) is 2.56. The zero-order valence-electron chi connectivity index (χ0n) is 11.0. The smallest absolute Gasteiger partial charge is 0.167 e. The van der Waals surface area contributed by atoms with Gasteiger partial charge in [0.1, 0.15) is 17.9 Å². The minimum absolute atomic E-state index is 0.120. The van der Waals surface area contributed by atoms with Crippen LogP contribution in [0.2, 0.25) is 5.02 Å². The number of carbonyl (C=O) groups excluding carboxylic acids is 1. The number of imidazole rings is 1. The summed E-state index contributed by atoms with van der Waals surface area (Å²) in [6, 6.07) is 7.20. The molecule has 0 aliphatic heterocycles. The Balaban J connectivity index is 2.49. The van der Waals surface area contributed by atoms with Crippen molar-refractivity contribution in [3.05, 3.63) is 53.2 Å². The number of carbonyl (C=O) groups is 1. The molecular formula is C15H9ClN4O. The van der Waals surface area contributed by atoms with Gasteiger partial charge in [0.15, 0.2) is 11.5 Å². The molecule has 0 saturated heterocycles. The first-order chi connectivity index (χ1) is 10.1. The van der Waals surface area contributed by atoms with E-state index in [-0.39, 0.29) is 11.5 Å². The first-order valence-corrected chi connectivity index (χ1v) is 6.52. The molecule has 6 heteroatoms. The summed E-state index contributed by atoms with van der Waals surface area (Å²) >= 11 is 6.21. The average Bonchev–Trinajstić information content (AvgIpc) is 2.92. The molecule has 5 nitrogen and oxygen atoms in total. The molecule has 21 heavy (non-hydrogen) atoms. The van der Waals surface area contributed by atoms with E-state index < -0.39 is 0 Å². The van der Waals surface area contributed by atoms with Gasteiger partial charge in [-0.2, -0.15) is 5.26 Å². The molecule has 0 amide bonds. The number of aromatic nitrogens is 3. The lowest BCUT2D eigenvalue weighted by Gasteiger charge is -2.11. The molecule has 0 N–H and O–H groups in total. The van der Waals surface area contributed by atoms with E-state index in [1.54, 1.807) is 28.9 Å². The Labute approximate surface area is 125 Å². The van der Waals surface area contributed by atoms with Crippen molar-refractivity contribution >= 4 is 22.9 Å². The van der Waals surface area contributed by atoms with Crippen LogP contribution < -0.4 is 0 Å². The number of rotatable bonds is 2. The Bertz CT molecular complexity index is 893. The Morgan fingerprint density at radius 1 is 1.48 bits per heavy atom. The van der Waals surface area contributed by atoms with Crippen LogP contribution in [-0.4, -0.2) is 20.2 Å². The van der Waals surface area contributed by atoms with Crippen LogP contribution in [0.4, 0.5) is 0 Å². The van der Waals surface area contributed by atoms with Gasteiger partial charge in [-0.15, -0.1) is 0 Å². The zero-order valence-corrected chi connectivity index (χ0v) is 11.8. The van der Waals surface area contributed by atoms with Gasteiger partial charge in [-0.05, 0) is 25.1 Å². The highest BCUT2D eigenvalue weighted by Crippen LogP contribution is 2.31. The quantitative estimate of drug-likeness (QED) is 0.681. The Morgan fingerprint density at radius 2 is 2.29 bits per heavy atom. The largest absolute Gasteiger partial charge is 0.295 e. The van der Waals surface area contributed by atoms with Gasteiger partial charge in [-0.1, -0.05) is 11.6 Å². The summed E-state index contributed by atoms with van der Waals surface area (Å²) < 4.78 is 1.66. The lowest BCUT2D eigenvalue weighted by Crippen LogP contribution is -2.03. The molecule has 0 aliphatic rings. The van der Waals surface area contributed by atoms with Crippen LogP contribution in [0.5, 0.6) is 0 Å². The lowest BCUT2D eigenvalue weighted by atomic mass is 10.0. The number of ketones is 1. The van der Waals surface area contributed by atoms with E-state index >= 15 is 0 Å². The van der Waals surface area contributed by atoms with Crippen LogP contribution in [0.1, 0.15) is 23.0 Å². The molecule has 0 unspecified atom stereocenters. The zero-order chi connectivity index (χ0) is 15.0. The van der Waals surface area contributed by atoms with Crippen molar-refractivity contribution in [3.8, 4) is 17.3 Å². The van der Waals surface area contributed by atoms with Gasteiger partial charge >= 0.3 is 0 Å². The van der Waals surface area contributed by atoms with Gasteiger partial charge in [-0.3, -0.25) is 14.2 Å². The summed E-state index contributed by atoms with van der Waals surface area (Å²) in [4.78, 5) is 20.1. The molecule has 0 atom stereocenters. The second-order valence-corrected chi connectivity index (χ2v) is 4.88. The van der Waals surface area contributed by atoms with Gasteiger partial charge in [0, 0.05) is 23.5 Å². The number of nitriles is 1. The molecule has 3 heterocycles. The van der Waals surface area contributed by atoms with E-state index in [1.807, 2.05) is 12.1 Å². The minimum Gasteiger partial charge on any atom is -0.295 e. The van der Waals surface area contributed by atoms with E-state index in [9.17, 15) is 4.79 Å². The van der Waals surface area contributed by atoms with Crippen molar-refractivity contribution in [1.82, 2.24) is 14.4 Å². The van der Waals surface area contributed by atoms with Crippen LogP contribution >= 0.6 is 11.6 Å². The first-order valence-electron chi connectivity index (χ1n) is 6.14. The Morgan fingerprint density at radius 3 is 2.90 bits per heavy atom. The molecule has 0 bridgehead atoms. The SMILES string of the molecule is CC(=O)c1cc(Cl)c2c(C#N)ncn2c1-c1cccnc1. The fourth-order valence-corrected chi connectivity index (χ4v) is 2.58. The monoisotopic (exact) mass is 296 g/mol. The van der Waals surface area contributed by atoms with Gasteiger partial charge in [-0.25, -0.2) is 4.98 Å². The third-order valence-electron chi connectivity index (χ3n) is 3.18. The topological polar surface area (TPSA) is 71.0 Å². The van der Waals surface area contributed by atoms with E-state index in [0.29, 0.717) is 21.8 Å². The summed E-state index contributed by atoms with van der Waals surface area (Å²) in [7, 11) is 0. The number of fused-ring (bicyclic) bond motifs is 1. The summed E-state index contributed by atoms with van der Waals surface area (Å²) in [5.74, 6) is -0.120. The molecule has 0 saturated carbocycles. The molecule has 3 rings (SSSR count). The average molecular weight is 297 g/mol. The van der Waals surface area contributed by atoms with Crippen LogP contribution in [0.25, 0.3) is 16.8 Å². The molecule has 0 fully saturated rings. The normalized spacial score (nSPS) is 10.5. The molecule has 0 aromatic carbocycles. The van der Waals surface area contributed by atoms with Crippen molar-refractivity contribution < 1.29 is 4.79 Å². The van der Waals surface area contributed by atoms with Gasteiger partial charge in [0.05, 0.1) is 10.7 Å². The number of pyridine rings is 2. The third-order valence-corrected chi connectivity index (χ3v) is 3.47. The van der Waals surface area contributed by atoms with Crippen LogP contribution in [0, 0.1) is 11.3 Å². The van der Waals surface area contributed by atoms with Gasteiger partial charge in [0.25, 0.3) is 0 Å². The maximum Gasteiger partial charge on any atom is 0.167 e. The number of Topliss-reactive ketones (excluding diaryl/α,β-unsaturated/α-hetero) is 1. The number of halogens is 1. The van der Waals surface area contributed by atoms with Crippen LogP contribution in [-0.2, 0) is 0 Å². The summed E-state index contributed by atoms with van der Waals surface area (Å²) in [6.07, 6.45) is 4.80. The standard InChI is InChI=1S/C15H9ClN4O/c1-9(21)11-5-12(16)15-13(6-17)19-8-20(15)14(11)10-3-2-4-18-7-10/h2-5,7-8H,1H3. The molecule has 0 radical (unpaired) electrons. The molecule has 102 valence electrons. The third kappa shape index (κ3) is 2.06. The van der Waals surface area contributed by atoms with E-state index in [0.717, 1.165) is 5.56 Å². The van der Waals surface area contributed by atoms with Crippen LogP contribution in [0.15, 0.2) is 36.9 Å². The maximum atomic E-state index is 11.9. The molecule has 0 spiro atoms. The second-order valence-electron chi connectivity index (χ2n) is 4.48.